The molecule has 1 aromatic heterocycles. The lowest BCUT2D eigenvalue weighted by molar-refractivity contribution is -0.128. The molecule has 1 fully saturated rings. The summed E-state index contributed by atoms with van der Waals surface area (Å²) in [6.45, 7) is 6.93. The summed E-state index contributed by atoms with van der Waals surface area (Å²) in [5.41, 5.74) is 0.579. The molecule has 3 aromatic rings. The van der Waals surface area contributed by atoms with Crippen molar-refractivity contribution < 1.29 is 18.7 Å². The van der Waals surface area contributed by atoms with Gasteiger partial charge in [-0.2, -0.15) is 0 Å². The van der Waals surface area contributed by atoms with E-state index in [2.05, 4.69) is 16.8 Å². The van der Waals surface area contributed by atoms with Gasteiger partial charge in [0, 0.05) is 32.7 Å². The van der Waals surface area contributed by atoms with Crippen LogP contribution in [0.2, 0.25) is 0 Å². The number of nitrogens with zero attached hydrogens (tertiary/aromatic N) is 5. The van der Waals surface area contributed by atoms with Gasteiger partial charge in [0.25, 0.3) is 0 Å². The second-order valence-electron chi connectivity index (χ2n) is 8.21. The van der Waals surface area contributed by atoms with Crippen LogP contribution in [0.15, 0.2) is 66.3 Å². The van der Waals surface area contributed by atoms with Gasteiger partial charge in [-0.25, -0.2) is 4.39 Å². The van der Waals surface area contributed by atoms with Crippen molar-refractivity contribution in [1.82, 2.24) is 19.7 Å². The minimum atomic E-state index is -0.408. The van der Waals surface area contributed by atoms with E-state index in [1.807, 2.05) is 44.7 Å². The second kappa shape index (κ2) is 10.4. The summed E-state index contributed by atoms with van der Waals surface area (Å²) >= 11 is 1.34. The van der Waals surface area contributed by atoms with Crippen LogP contribution in [0.3, 0.4) is 0 Å². The molecule has 0 N–H and O–H groups in total. The second-order valence-corrected chi connectivity index (χ2v) is 9.15. The molecular weight excluding hydrogens is 469 g/mol. The smallest absolute Gasteiger partial charge is 0.233 e. The van der Waals surface area contributed by atoms with E-state index in [0.29, 0.717) is 67.5 Å². The van der Waals surface area contributed by atoms with Gasteiger partial charge in [-0.15, -0.1) is 16.8 Å². The van der Waals surface area contributed by atoms with E-state index in [1.165, 1.54) is 17.8 Å². The quantitative estimate of drug-likeness (QED) is 0.367. The number of benzene rings is 2. The predicted octanol–water partition coefficient (Wildman–Crippen LogP) is 3.56. The SMILES string of the molecule is C=CCn1c(SCC(=O)N2CCN(c3ccccc3F)CC2)nnc1C1COc2ccccc2O1. The van der Waals surface area contributed by atoms with Crippen molar-refractivity contribution in [2.75, 3.05) is 43.4 Å². The van der Waals surface area contributed by atoms with Crippen LogP contribution in [-0.4, -0.2) is 64.1 Å². The Labute approximate surface area is 207 Å². The zero-order valence-corrected chi connectivity index (χ0v) is 20.0. The van der Waals surface area contributed by atoms with Crippen LogP contribution in [0.4, 0.5) is 10.1 Å². The summed E-state index contributed by atoms with van der Waals surface area (Å²) < 4.78 is 27.9. The number of rotatable bonds is 7. The number of para-hydroxylation sites is 3. The summed E-state index contributed by atoms with van der Waals surface area (Å²) in [6.07, 6.45) is 1.35. The first-order valence-corrected chi connectivity index (χ1v) is 12.4. The Hall–Kier alpha value is -3.53. The van der Waals surface area contributed by atoms with Crippen molar-refractivity contribution >= 4 is 23.4 Å². The van der Waals surface area contributed by atoms with Gasteiger partial charge in [-0.05, 0) is 24.3 Å². The zero-order valence-electron chi connectivity index (χ0n) is 19.2. The lowest BCUT2D eigenvalue weighted by Gasteiger charge is -2.36. The van der Waals surface area contributed by atoms with Crippen molar-refractivity contribution in [3.8, 4) is 11.5 Å². The normalized spacial score (nSPS) is 17.3. The number of aromatic nitrogens is 3. The molecule has 2 aliphatic rings. The van der Waals surface area contributed by atoms with E-state index >= 15 is 0 Å². The highest BCUT2D eigenvalue weighted by Gasteiger charge is 2.29. The Bertz CT molecular complexity index is 1210. The third-order valence-corrected chi connectivity index (χ3v) is 6.96. The molecule has 1 atom stereocenters. The minimum Gasteiger partial charge on any atom is -0.485 e. The summed E-state index contributed by atoms with van der Waals surface area (Å²) in [4.78, 5) is 16.7. The number of piperazine rings is 1. The van der Waals surface area contributed by atoms with Crippen molar-refractivity contribution in [2.24, 2.45) is 0 Å². The minimum absolute atomic E-state index is 0.0177. The molecule has 35 heavy (non-hydrogen) atoms. The van der Waals surface area contributed by atoms with Gasteiger partial charge in [0.15, 0.2) is 28.6 Å². The molecule has 3 heterocycles. The van der Waals surface area contributed by atoms with Gasteiger partial charge >= 0.3 is 0 Å². The number of thioether (sulfide) groups is 1. The Kier molecular flexibility index (Phi) is 6.89. The lowest BCUT2D eigenvalue weighted by Crippen LogP contribution is -2.49. The fourth-order valence-electron chi connectivity index (χ4n) is 4.21. The van der Waals surface area contributed by atoms with Crippen LogP contribution in [0.1, 0.15) is 11.9 Å². The fraction of sp³-hybridized carbons (Fsp3) is 0.320. The van der Waals surface area contributed by atoms with Crippen LogP contribution in [0.25, 0.3) is 0 Å². The Morgan fingerprint density at radius 3 is 2.60 bits per heavy atom. The molecule has 2 aliphatic heterocycles. The van der Waals surface area contributed by atoms with E-state index in [0.717, 1.165) is 0 Å². The number of fused-ring (bicyclic) bond motifs is 1. The highest BCUT2D eigenvalue weighted by atomic mass is 32.2. The maximum atomic E-state index is 14.1. The molecule has 10 heteroatoms. The predicted molar refractivity (Wildman–Crippen MR) is 131 cm³/mol. The van der Waals surface area contributed by atoms with Gasteiger partial charge in [0.05, 0.1) is 11.4 Å². The molecule has 0 aliphatic carbocycles. The molecule has 0 saturated carbocycles. The number of halogens is 1. The maximum absolute atomic E-state index is 14.1. The number of ether oxygens (including phenoxy) is 2. The number of carbonyl (C=O) groups excluding carboxylic acids is 1. The Morgan fingerprint density at radius 2 is 1.83 bits per heavy atom. The third kappa shape index (κ3) is 4.97. The summed E-state index contributed by atoms with van der Waals surface area (Å²) in [5, 5.41) is 9.29. The molecule has 1 amide bonds. The Balaban J connectivity index is 1.20. The number of hydrogen-bond donors (Lipinski definition) is 0. The highest BCUT2D eigenvalue weighted by Crippen LogP contribution is 2.36. The number of amides is 1. The number of hydrogen-bond acceptors (Lipinski definition) is 7. The van der Waals surface area contributed by atoms with E-state index in [4.69, 9.17) is 9.47 Å². The standard InChI is InChI=1S/C25H26FN5O3S/c1-2-11-31-24(22-16-33-20-9-5-6-10-21(20)34-22)27-28-25(31)35-17-23(32)30-14-12-29(13-15-30)19-8-4-3-7-18(19)26/h2-10,22H,1,11-17H2. The molecule has 182 valence electrons. The molecule has 1 unspecified atom stereocenters. The van der Waals surface area contributed by atoms with E-state index in [-0.39, 0.29) is 17.5 Å². The molecule has 1 saturated heterocycles. The molecule has 0 radical (unpaired) electrons. The molecule has 0 spiro atoms. The van der Waals surface area contributed by atoms with Crippen LogP contribution in [0, 0.1) is 5.82 Å². The van der Waals surface area contributed by atoms with Crippen molar-refractivity contribution in [2.45, 2.75) is 17.8 Å². The number of allylic oxidation sites excluding steroid dienone is 1. The summed E-state index contributed by atoms with van der Waals surface area (Å²) in [6, 6.07) is 14.2. The summed E-state index contributed by atoms with van der Waals surface area (Å²) in [7, 11) is 0. The monoisotopic (exact) mass is 495 g/mol. The first-order valence-electron chi connectivity index (χ1n) is 11.5. The van der Waals surface area contributed by atoms with Crippen LogP contribution in [-0.2, 0) is 11.3 Å². The Morgan fingerprint density at radius 1 is 1.09 bits per heavy atom. The molecule has 5 rings (SSSR count). The first-order chi connectivity index (χ1) is 17.1. The topological polar surface area (TPSA) is 72.7 Å². The van der Waals surface area contributed by atoms with Gasteiger partial charge in [0.1, 0.15) is 12.4 Å². The first kappa shape index (κ1) is 23.2. The van der Waals surface area contributed by atoms with Crippen molar-refractivity contribution in [3.05, 3.63) is 72.8 Å². The zero-order chi connectivity index (χ0) is 24.2. The largest absolute Gasteiger partial charge is 0.485 e. The lowest BCUT2D eigenvalue weighted by atomic mass is 10.2. The molecular formula is C25H26FN5O3S. The number of carbonyl (C=O) groups is 1. The van der Waals surface area contributed by atoms with Crippen LogP contribution < -0.4 is 14.4 Å². The third-order valence-electron chi connectivity index (χ3n) is 6.00. The van der Waals surface area contributed by atoms with Gasteiger partial charge < -0.3 is 19.3 Å². The fourth-order valence-corrected chi connectivity index (χ4v) is 5.07. The molecule has 0 bridgehead atoms. The number of anilines is 1. The molecule has 8 nitrogen and oxygen atoms in total. The van der Waals surface area contributed by atoms with E-state index in [1.54, 1.807) is 18.2 Å². The van der Waals surface area contributed by atoms with Crippen molar-refractivity contribution in [1.29, 1.82) is 0 Å². The summed E-state index contributed by atoms with van der Waals surface area (Å²) in [5.74, 6) is 2.01. The van der Waals surface area contributed by atoms with Gasteiger partial charge in [-0.3, -0.25) is 9.36 Å². The van der Waals surface area contributed by atoms with E-state index in [9.17, 15) is 9.18 Å². The van der Waals surface area contributed by atoms with Crippen LogP contribution >= 0.6 is 11.8 Å². The molecule has 2 aromatic carbocycles. The van der Waals surface area contributed by atoms with Crippen molar-refractivity contribution in [3.63, 3.8) is 0 Å². The van der Waals surface area contributed by atoms with Crippen LogP contribution in [0.5, 0.6) is 11.5 Å². The van der Waals surface area contributed by atoms with Gasteiger partial charge in [0.2, 0.25) is 5.91 Å². The average Bonchev–Trinajstić information content (AvgIpc) is 3.30. The maximum Gasteiger partial charge on any atom is 0.233 e. The van der Waals surface area contributed by atoms with Gasteiger partial charge in [-0.1, -0.05) is 42.1 Å². The highest BCUT2D eigenvalue weighted by molar-refractivity contribution is 7.99. The van der Waals surface area contributed by atoms with E-state index < -0.39 is 6.10 Å². The average molecular weight is 496 g/mol.